The Balaban J connectivity index is 1.93. The summed E-state index contributed by atoms with van der Waals surface area (Å²) in [6.45, 7) is 2.95. The van der Waals surface area contributed by atoms with Crippen molar-refractivity contribution < 1.29 is 19.0 Å². The van der Waals surface area contributed by atoms with Crippen molar-refractivity contribution in [3.05, 3.63) is 92.6 Å². The highest BCUT2D eigenvalue weighted by molar-refractivity contribution is 14.1. The summed E-state index contributed by atoms with van der Waals surface area (Å²) in [7, 11) is 1.41. The monoisotopic (exact) mass is 516 g/mol. The Morgan fingerprint density at radius 2 is 1.37 bits per heavy atom. The second kappa shape index (κ2) is 11.0. The second-order valence-corrected chi connectivity index (χ2v) is 7.88. The number of methoxy groups -OCH3 is 1. The summed E-state index contributed by atoms with van der Waals surface area (Å²) < 4.78 is 18.2. The minimum Gasteiger partial charge on any atom is -0.488 e. The fourth-order valence-electron chi connectivity index (χ4n) is 3.19. The van der Waals surface area contributed by atoms with E-state index >= 15 is 0 Å². The lowest BCUT2D eigenvalue weighted by atomic mass is 10.0. The first-order chi connectivity index (χ1) is 14.6. The highest BCUT2D eigenvalue weighted by Gasteiger charge is 2.20. The van der Waals surface area contributed by atoms with Crippen LogP contribution in [0.25, 0.3) is 0 Å². The predicted molar refractivity (Wildman–Crippen MR) is 126 cm³/mol. The Labute approximate surface area is 191 Å². The van der Waals surface area contributed by atoms with Gasteiger partial charge in [0.05, 0.1) is 17.1 Å². The number of hydrogen-bond donors (Lipinski definition) is 0. The van der Waals surface area contributed by atoms with Crippen LogP contribution in [0.2, 0.25) is 0 Å². The van der Waals surface area contributed by atoms with Crippen molar-refractivity contribution in [1.29, 1.82) is 0 Å². The number of benzene rings is 3. The van der Waals surface area contributed by atoms with E-state index in [4.69, 9.17) is 14.2 Å². The van der Waals surface area contributed by atoms with Gasteiger partial charge in [0, 0.05) is 6.07 Å². The number of ether oxygens (including phenoxy) is 3. The predicted octanol–water partition coefficient (Wildman–Crippen LogP) is 5.73. The summed E-state index contributed by atoms with van der Waals surface area (Å²) in [5, 5.41) is 0. The van der Waals surface area contributed by atoms with Gasteiger partial charge in [-0.15, -0.1) is 0 Å². The third kappa shape index (κ3) is 5.75. The molecule has 0 aliphatic heterocycles. The van der Waals surface area contributed by atoms with Gasteiger partial charge in [-0.3, -0.25) is 4.79 Å². The summed E-state index contributed by atoms with van der Waals surface area (Å²) in [6.07, 6.45) is 0.924. The number of carbonyl (C=O) groups is 1. The highest BCUT2D eigenvalue weighted by atomic mass is 127. The van der Waals surface area contributed by atoms with Gasteiger partial charge >= 0.3 is 5.97 Å². The van der Waals surface area contributed by atoms with Crippen molar-refractivity contribution in [2.24, 2.45) is 0 Å². The minimum absolute atomic E-state index is 0.183. The average molecular weight is 516 g/mol. The van der Waals surface area contributed by atoms with E-state index in [-0.39, 0.29) is 12.4 Å². The maximum atomic E-state index is 12.1. The molecule has 3 rings (SSSR count). The Bertz CT molecular complexity index is 971. The smallest absolute Gasteiger partial charge is 0.310 e. The number of halogens is 1. The van der Waals surface area contributed by atoms with Gasteiger partial charge in [-0.05, 0) is 51.3 Å². The van der Waals surface area contributed by atoms with Crippen LogP contribution in [-0.4, -0.2) is 13.1 Å². The number of carbonyl (C=O) groups excluding carboxylic acids is 1. The molecule has 0 aliphatic rings. The first-order valence-electron chi connectivity index (χ1n) is 9.86. The molecule has 0 saturated carbocycles. The molecule has 0 amide bonds. The topological polar surface area (TPSA) is 44.8 Å². The van der Waals surface area contributed by atoms with Crippen LogP contribution >= 0.6 is 22.6 Å². The van der Waals surface area contributed by atoms with Crippen molar-refractivity contribution in [2.45, 2.75) is 33.0 Å². The molecule has 0 fully saturated rings. The van der Waals surface area contributed by atoms with Crippen molar-refractivity contribution in [1.82, 2.24) is 0 Å². The minimum atomic E-state index is -0.281. The zero-order valence-electron chi connectivity index (χ0n) is 17.2. The summed E-state index contributed by atoms with van der Waals surface area (Å²) in [4.78, 5) is 12.1. The highest BCUT2D eigenvalue weighted by Crippen LogP contribution is 2.36. The van der Waals surface area contributed by atoms with Gasteiger partial charge in [-0.1, -0.05) is 67.6 Å². The number of esters is 1. The molecule has 0 atom stereocenters. The van der Waals surface area contributed by atoms with E-state index in [0.717, 1.165) is 38.0 Å². The summed E-state index contributed by atoms with van der Waals surface area (Å²) >= 11 is 2.25. The molecule has 0 aromatic heterocycles. The molecule has 3 aromatic rings. The molecule has 156 valence electrons. The van der Waals surface area contributed by atoms with Gasteiger partial charge in [-0.25, -0.2) is 0 Å². The van der Waals surface area contributed by atoms with Crippen LogP contribution in [0.4, 0.5) is 0 Å². The lowest BCUT2D eigenvalue weighted by Crippen LogP contribution is -2.11. The zero-order valence-corrected chi connectivity index (χ0v) is 19.3. The van der Waals surface area contributed by atoms with Crippen LogP contribution in [0.3, 0.4) is 0 Å². The van der Waals surface area contributed by atoms with Gasteiger partial charge in [-0.2, -0.15) is 0 Å². The molecule has 0 N–H and O–H groups in total. The lowest BCUT2D eigenvalue weighted by molar-refractivity contribution is -0.139. The van der Waals surface area contributed by atoms with E-state index in [2.05, 4.69) is 29.5 Å². The van der Waals surface area contributed by atoms with E-state index < -0.39 is 0 Å². The van der Waals surface area contributed by atoms with Crippen molar-refractivity contribution in [3.8, 4) is 11.5 Å². The zero-order chi connectivity index (χ0) is 21.3. The molecule has 0 spiro atoms. The maximum absolute atomic E-state index is 12.1. The molecule has 0 unspecified atom stereocenters. The van der Waals surface area contributed by atoms with Crippen molar-refractivity contribution in [3.63, 3.8) is 0 Å². The Hall–Kier alpha value is -2.54. The third-order valence-electron chi connectivity index (χ3n) is 4.78. The quantitative estimate of drug-likeness (QED) is 0.269. The summed E-state index contributed by atoms with van der Waals surface area (Å²) in [6, 6.07) is 22.0. The lowest BCUT2D eigenvalue weighted by Gasteiger charge is -2.19. The van der Waals surface area contributed by atoms with Gasteiger partial charge in [0.1, 0.15) is 24.7 Å². The maximum Gasteiger partial charge on any atom is 0.310 e. The standard InChI is InChI=1S/C25H25IO4/c1-3-20-21(14-24(27)28-2)25(26)23(30-17-19-12-8-5-9-13-19)15-22(20)29-16-18-10-6-4-7-11-18/h4-13,15H,3,14,16-17H2,1-2H3. The van der Waals surface area contributed by atoms with Crippen LogP contribution in [0.1, 0.15) is 29.2 Å². The van der Waals surface area contributed by atoms with Crippen LogP contribution in [0.5, 0.6) is 11.5 Å². The second-order valence-electron chi connectivity index (χ2n) is 6.80. The first-order valence-corrected chi connectivity index (χ1v) is 10.9. The Kier molecular flexibility index (Phi) is 8.13. The molecule has 0 heterocycles. The van der Waals surface area contributed by atoms with Crippen LogP contribution in [0, 0.1) is 3.57 Å². The molecule has 0 aliphatic carbocycles. The Morgan fingerprint density at radius 1 is 0.833 bits per heavy atom. The fourth-order valence-corrected chi connectivity index (χ4v) is 4.02. The fraction of sp³-hybridized carbons (Fsp3) is 0.240. The van der Waals surface area contributed by atoms with Gasteiger partial charge in [0.25, 0.3) is 0 Å². The molecule has 4 nitrogen and oxygen atoms in total. The van der Waals surface area contributed by atoms with Crippen LogP contribution < -0.4 is 9.47 Å². The summed E-state index contributed by atoms with van der Waals surface area (Å²) in [5.74, 6) is 1.17. The van der Waals surface area contributed by atoms with Crippen LogP contribution in [0.15, 0.2) is 66.7 Å². The average Bonchev–Trinajstić information content (AvgIpc) is 2.79. The van der Waals surface area contributed by atoms with Gasteiger partial charge in [0.15, 0.2) is 0 Å². The van der Waals surface area contributed by atoms with Gasteiger partial charge in [0.2, 0.25) is 0 Å². The summed E-state index contributed by atoms with van der Waals surface area (Å²) in [5.41, 5.74) is 4.07. The SMILES string of the molecule is CCc1c(OCc2ccccc2)cc(OCc2ccccc2)c(I)c1CC(=O)OC. The van der Waals surface area contributed by atoms with E-state index in [9.17, 15) is 4.79 Å². The Morgan fingerprint density at radius 3 is 1.87 bits per heavy atom. The number of rotatable bonds is 9. The first kappa shape index (κ1) is 22.2. The molecule has 5 heteroatoms. The molecule has 0 bridgehead atoms. The van der Waals surface area contributed by atoms with Crippen LogP contribution in [-0.2, 0) is 35.6 Å². The van der Waals surface area contributed by atoms with E-state index in [1.54, 1.807) is 0 Å². The third-order valence-corrected chi connectivity index (χ3v) is 5.96. The molecule has 3 aromatic carbocycles. The molecule has 0 saturated heterocycles. The van der Waals surface area contributed by atoms with Crippen molar-refractivity contribution >= 4 is 28.6 Å². The van der Waals surface area contributed by atoms with Gasteiger partial charge < -0.3 is 14.2 Å². The normalized spacial score (nSPS) is 10.5. The van der Waals surface area contributed by atoms with E-state index in [1.807, 2.05) is 66.7 Å². The van der Waals surface area contributed by atoms with Crippen molar-refractivity contribution in [2.75, 3.05) is 7.11 Å². The number of hydrogen-bond acceptors (Lipinski definition) is 4. The molecular weight excluding hydrogens is 491 g/mol. The molecule has 0 radical (unpaired) electrons. The van der Waals surface area contributed by atoms with E-state index in [0.29, 0.717) is 19.0 Å². The molecule has 30 heavy (non-hydrogen) atoms. The molecular formula is C25H25IO4. The largest absolute Gasteiger partial charge is 0.488 e. The van der Waals surface area contributed by atoms with E-state index in [1.165, 1.54) is 7.11 Å².